The molecular weight excluding hydrogens is 305 g/mol. The van der Waals surface area contributed by atoms with Crippen LogP contribution in [0.5, 0.6) is 0 Å². The van der Waals surface area contributed by atoms with Crippen molar-refractivity contribution in [2.24, 2.45) is 0 Å². The van der Waals surface area contributed by atoms with Crippen LogP contribution in [0.1, 0.15) is 23.7 Å². The second-order valence-corrected chi connectivity index (χ2v) is 5.82. The number of rotatable bonds is 7. The summed E-state index contributed by atoms with van der Waals surface area (Å²) >= 11 is 0. The van der Waals surface area contributed by atoms with Crippen LogP contribution in [0.3, 0.4) is 0 Å². The lowest BCUT2D eigenvalue weighted by Gasteiger charge is -2.08. The van der Waals surface area contributed by atoms with E-state index in [-0.39, 0.29) is 18.7 Å². The molecule has 1 aromatic carbocycles. The topological polar surface area (TPSA) is 110 Å². The molecule has 0 aliphatic heterocycles. The first kappa shape index (κ1) is 16.9. The quantitative estimate of drug-likeness (QED) is 0.731. The Bertz CT molecular complexity index is 643. The Morgan fingerprint density at radius 1 is 1.38 bits per heavy atom. The number of carboxylic acid groups (broad SMARTS) is 1. The van der Waals surface area contributed by atoms with Gasteiger partial charge in [0.25, 0.3) is 0 Å². The Hall–Kier alpha value is -2.16. The minimum Gasteiger partial charge on any atom is -0.478 e. The van der Waals surface area contributed by atoms with Crippen LogP contribution in [0.25, 0.3) is 0 Å². The van der Waals surface area contributed by atoms with E-state index in [4.69, 9.17) is 5.11 Å². The first-order valence-corrected chi connectivity index (χ1v) is 7.59. The van der Waals surface area contributed by atoms with Gasteiger partial charge in [-0.15, -0.1) is 0 Å². The number of carboxylic acids is 1. The molecule has 21 heavy (non-hydrogen) atoms. The Labute approximate surface area is 120 Å². The number of sulfonamides is 1. The lowest BCUT2D eigenvalue weighted by Crippen LogP contribution is -2.20. The number of aromatic carboxylic acids is 1. The van der Waals surface area contributed by atoms with Crippen LogP contribution >= 0.6 is 0 Å². The molecule has 0 amide bonds. The summed E-state index contributed by atoms with van der Waals surface area (Å²) in [4.78, 5) is 21.8. The standard InChI is InChI=1S/C12H14FNO6S/c1-2-20-11(15)5-6-21(18,19)14-8-3-4-10(13)9(7-8)12(16)17/h3-4,7,14H,2,5-6H2,1H3,(H,16,17). The number of hydrogen-bond donors (Lipinski definition) is 2. The summed E-state index contributed by atoms with van der Waals surface area (Å²) in [5, 5.41) is 8.75. The van der Waals surface area contributed by atoms with Crippen molar-refractivity contribution in [3.8, 4) is 0 Å². The molecule has 0 unspecified atom stereocenters. The molecule has 7 nitrogen and oxygen atoms in total. The monoisotopic (exact) mass is 319 g/mol. The van der Waals surface area contributed by atoms with Crippen molar-refractivity contribution in [2.75, 3.05) is 17.1 Å². The van der Waals surface area contributed by atoms with Gasteiger partial charge in [-0.05, 0) is 25.1 Å². The van der Waals surface area contributed by atoms with Crippen molar-refractivity contribution in [3.63, 3.8) is 0 Å². The number of carbonyl (C=O) groups is 2. The Morgan fingerprint density at radius 2 is 2.05 bits per heavy atom. The van der Waals surface area contributed by atoms with E-state index >= 15 is 0 Å². The summed E-state index contributed by atoms with van der Waals surface area (Å²) < 4.78 is 43.3. The van der Waals surface area contributed by atoms with Gasteiger partial charge in [-0.25, -0.2) is 17.6 Å². The molecular formula is C12H14FNO6S. The van der Waals surface area contributed by atoms with Crippen molar-refractivity contribution in [1.29, 1.82) is 0 Å². The normalized spacial score (nSPS) is 11.0. The van der Waals surface area contributed by atoms with Gasteiger partial charge in [0.1, 0.15) is 5.82 Å². The summed E-state index contributed by atoms with van der Waals surface area (Å²) in [7, 11) is -3.87. The molecule has 2 N–H and O–H groups in total. The zero-order chi connectivity index (χ0) is 16.0. The molecule has 0 aliphatic rings. The maximum absolute atomic E-state index is 13.2. The molecule has 0 radical (unpaired) electrons. The molecule has 0 atom stereocenters. The highest BCUT2D eigenvalue weighted by molar-refractivity contribution is 7.92. The minimum absolute atomic E-state index is 0.0994. The van der Waals surface area contributed by atoms with E-state index in [1.807, 2.05) is 0 Å². The first-order chi connectivity index (χ1) is 9.75. The summed E-state index contributed by atoms with van der Waals surface area (Å²) in [6.07, 6.45) is -0.337. The molecule has 0 bridgehead atoms. The van der Waals surface area contributed by atoms with E-state index < -0.39 is 39.1 Å². The Balaban J connectivity index is 2.78. The van der Waals surface area contributed by atoms with Gasteiger partial charge in [0.15, 0.2) is 0 Å². The van der Waals surface area contributed by atoms with E-state index in [1.54, 1.807) is 6.92 Å². The van der Waals surface area contributed by atoms with Crippen molar-refractivity contribution in [2.45, 2.75) is 13.3 Å². The van der Waals surface area contributed by atoms with Crippen LogP contribution in [-0.4, -0.2) is 37.8 Å². The largest absolute Gasteiger partial charge is 0.478 e. The summed E-state index contributed by atoms with van der Waals surface area (Å²) in [5.74, 6) is -3.67. The van der Waals surface area contributed by atoms with Crippen molar-refractivity contribution in [1.82, 2.24) is 0 Å². The smallest absolute Gasteiger partial charge is 0.338 e. The van der Waals surface area contributed by atoms with E-state index in [0.29, 0.717) is 0 Å². The van der Waals surface area contributed by atoms with Gasteiger partial charge in [-0.3, -0.25) is 9.52 Å². The maximum Gasteiger partial charge on any atom is 0.338 e. The number of anilines is 1. The molecule has 0 heterocycles. The van der Waals surface area contributed by atoms with Crippen LogP contribution < -0.4 is 4.72 Å². The van der Waals surface area contributed by atoms with Gasteiger partial charge in [-0.1, -0.05) is 0 Å². The van der Waals surface area contributed by atoms with Gasteiger partial charge in [0.2, 0.25) is 10.0 Å². The number of hydrogen-bond acceptors (Lipinski definition) is 5. The highest BCUT2D eigenvalue weighted by Gasteiger charge is 2.16. The molecule has 0 fully saturated rings. The lowest BCUT2D eigenvalue weighted by molar-refractivity contribution is -0.142. The third-order valence-electron chi connectivity index (χ3n) is 2.35. The lowest BCUT2D eigenvalue weighted by atomic mass is 10.2. The Kier molecular flexibility index (Phi) is 5.65. The van der Waals surface area contributed by atoms with Crippen molar-refractivity contribution >= 4 is 27.6 Å². The molecule has 0 aromatic heterocycles. The fourth-order valence-corrected chi connectivity index (χ4v) is 2.46. The first-order valence-electron chi connectivity index (χ1n) is 5.94. The van der Waals surface area contributed by atoms with Crippen LogP contribution in [0.15, 0.2) is 18.2 Å². The SMILES string of the molecule is CCOC(=O)CCS(=O)(=O)Nc1ccc(F)c(C(=O)O)c1. The number of benzene rings is 1. The van der Waals surface area contributed by atoms with Gasteiger partial charge in [-0.2, -0.15) is 0 Å². The summed E-state index contributed by atoms with van der Waals surface area (Å²) in [6.45, 7) is 1.74. The van der Waals surface area contributed by atoms with E-state index in [9.17, 15) is 22.4 Å². The average Bonchev–Trinajstić information content (AvgIpc) is 2.39. The third kappa shape index (κ3) is 5.38. The van der Waals surface area contributed by atoms with Crippen LogP contribution in [0.4, 0.5) is 10.1 Å². The molecule has 9 heteroatoms. The Morgan fingerprint density at radius 3 is 2.62 bits per heavy atom. The van der Waals surface area contributed by atoms with Crippen molar-refractivity contribution in [3.05, 3.63) is 29.6 Å². The van der Waals surface area contributed by atoms with E-state index in [2.05, 4.69) is 9.46 Å². The molecule has 0 spiro atoms. The number of esters is 1. The minimum atomic E-state index is -3.87. The van der Waals surface area contributed by atoms with Crippen molar-refractivity contribution < 1.29 is 32.2 Å². The summed E-state index contributed by atoms with van der Waals surface area (Å²) in [5.41, 5.74) is -0.752. The molecule has 116 valence electrons. The number of ether oxygens (including phenoxy) is 1. The predicted octanol–water partition coefficient (Wildman–Crippen LogP) is 1.22. The molecule has 0 aliphatic carbocycles. The molecule has 0 saturated carbocycles. The molecule has 1 aromatic rings. The fourth-order valence-electron chi connectivity index (χ4n) is 1.43. The highest BCUT2D eigenvalue weighted by Crippen LogP contribution is 2.16. The van der Waals surface area contributed by atoms with Gasteiger partial charge in [0.05, 0.1) is 24.3 Å². The van der Waals surface area contributed by atoms with E-state index in [1.165, 1.54) is 0 Å². The second-order valence-electron chi connectivity index (χ2n) is 3.98. The van der Waals surface area contributed by atoms with E-state index in [0.717, 1.165) is 18.2 Å². The zero-order valence-electron chi connectivity index (χ0n) is 11.1. The summed E-state index contributed by atoms with van der Waals surface area (Å²) in [6, 6.07) is 2.79. The number of halogens is 1. The maximum atomic E-state index is 13.2. The van der Waals surface area contributed by atoms with Gasteiger partial charge < -0.3 is 9.84 Å². The van der Waals surface area contributed by atoms with Crippen LogP contribution in [0.2, 0.25) is 0 Å². The van der Waals surface area contributed by atoms with Crippen LogP contribution in [0, 0.1) is 5.82 Å². The van der Waals surface area contributed by atoms with Gasteiger partial charge in [0, 0.05) is 5.69 Å². The predicted molar refractivity (Wildman–Crippen MR) is 72.0 cm³/mol. The third-order valence-corrected chi connectivity index (χ3v) is 3.64. The molecule has 0 saturated heterocycles. The zero-order valence-corrected chi connectivity index (χ0v) is 11.9. The number of nitrogens with one attached hydrogen (secondary N) is 1. The fraction of sp³-hybridized carbons (Fsp3) is 0.333. The van der Waals surface area contributed by atoms with Gasteiger partial charge >= 0.3 is 11.9 Å². The second kappa shape index (κ2) is 7.02. The average molecular weight is 319 g/mol. The number of carbonyl (C=O) groups excluding carboxylic acids is 1. The molecule has 1 rings (SSSR count). The van der Waals surface area contributed by atoms with Crippen LogP contribution in [-0.2, 0) is 19.6 Å². The highest BCUT2D eigenvalue weighted by atomic mass is 32.2.